The molecule has 0 spiro atoms. The van der Waals surface area contributed by atoms with E-state index in [1.807, 2.05) is 58.9 Å². The van der Waals surface area contributed by atoms with E-state index in [1.165, 1.54) is 56.3 Å². The zero-order valence-electron chi connectivity index (χ0n) is 27.1. The zero-order valence-corrected chi connectivity index (χ0v) is 28.7. The van der Waals surface area contributed by atoms with Crippen molar-refractivity contribution in [2.24, 2.45) is 10.2 Å². The molecule has 8 heteroatoms. The highest BCUT2D eigenvalue weighted by Crippen LogP contribution is 2.19. The fraction of sp³-hybridized carbons (Fsp3) is 0.562. The van der Waals surface area contributed by atoms with Gasteiger partial charge in [-0.05, 0) is 89.1 Å². The lowest BCUT2D eigenvalue weighted by molar-refractivity contribution is 0.335. The first-order chi connectivity index (χ1) is 18.9. The minimum Gasteiger partial charge on any atom is -0.442 e. The topological polar surface area (TPSA) is 54.3 Å². The van der Waals surface area contributed by atoms with Crippen LogP contribution in [0.1, 0.15) is 93.6 Å². The van der Waals surface area contributed by atoms with Crippen LogP contribution >= 0.6 is 11.6 Å². The maximum absolute atomic E-state index is 12.4. The Hall–Kier alpha value is -2.09. The van der Waals surface area contributed by atoms with Gasteiger partial charge in [-0.25, -0.2) is 4.39 Å². The highest BCUT2D eigenvalue weighted by molar-refractivity contribution is 7.84. The third-order valence-corrected chi connectivity index (χ3v) is 5.94. The van der Waals surface area contributed by atoms with Gasteiger partial charge in [0.2, 0.25) is 5.90 Å². The molecule has 0 aliphatic heterocycles. The number of nitrogens with zero attached hydrogens (tertiary/aromatic N) is 3. The molecule has 5 nitrogen and oxygen atoms in total. The number of halogens is 2. The average Bonchev–Trinajstić information content (AvgIpc) is 2.90. The van der Waals surface area contributed by atoms with Gasteiger partial charge in [0, 0.05) is 18.9 Å². The summed E-state index contributed by atoms with van der Waals surface area (Å²) in [6, 6.07) is 11.7. The number of hydrogen-bond acceptors (Lipinski definition) is 5. The van der Waals surface area contributed by atoms with E-state index in [2.05, 4.69) is 49.8 Å². The fourth-order valence-corrected chi connectivity index (χ4v) is 3.77. The molecular weight excluding hydrogens is 545 g/mol. The first-order valence-corrected chi connectivity index (χ1v) is 16.2. The number of rotatable bonds is 8. The molecule has 0 saturated heterocycles. The predicted molar refractivity (Wildman–Crippen MR) is 177 cm³/mol. The van der Waals surface area contributed by atoms with E-state index in [0.29, 0.717) is 10.8 Å². The summed E-state index contributed by atoms with van der Waals surface area (Å²) in [6.07, 6.45) is 6.20. The maximum Gasteiger partial charge on any atom is 0.211 e. The van der Waals surface area contributed by atoms with Crippen LogP contribution in [0.25, 0.3) is 0 Å². The van der Waals surface area contributed by atoms with Crippen molar-refractivity contribution < 1.29 is 13.3 Å². The van der Waals surface area contributed by atoms with Crippen molar-refractivity contribution in [3.8, 4) is 5.75 Å². The molecule has 230 valence electrons. The number of benzene rings is 2. The monoisotopic (exact) mass is 599 g/mol. The Kier molecular flexibility index (Phi) is 30.1. The predicted octanol–water partition coefficient (Wildman–Crippen LogP) is 9.98. The van der Waals surface area contributed by atoms with Crippen molar-refractivity contribution >= 4 is 34.0 Å². The minimum absolute atomic E-state index is 0.214. The Labute approximate surface area is 252 Å². The molecule has 0 fully saturated rings. The lowest BCUT2D eigenvalue weighted by Crippen LogP contribution is -2.19. The molecular formula is C32H55ClFN3O2S. The van der Waals surface area contributed by atoms with Crippen molar-refractivity contribution in [2.45, 2.75) is 99.8 Å². The summed E-state index contributed by atoms with van der Waals surface area (Å²) in [4.78, 5) is 2.83. The van der Waals surface area contributed by atoms with Crippen LogP contribution < -0.4 is 4.74 Å². The van der Waals surface area contributed by atoms with Gasteiger partial charge in [-0.3, -0.25) is 4.21 Å². The highest BCUT2D eigenvalue weighted by Gasteiger charge is 2.04. The molecule has 2 aromatic carbocycles. The van der Waals surface area contributed by atoms with Crippen molar-refractivity contribution in [1.82, 2.24) is 4.90 Å². The quantitative estimate of drug-likeness (QED) is 0.172. The molecule has 0 amide bonds. The molecule has 0 bridgehead atoms. The van der Waals surface area contributed by atoms with Gasteiger partial charge >= 0.3 is 0 Å². The molecule has 0 aliphatic rings. The lowest BCUT2D eigenvalue weighted by atomic mass is 10.2. The Bertz CT molecular complexity index is 978. The summed E-state index contributed by atoms with van der Waals surface area (Å²) < 4.78 is 28.8. The molecule has 2 rings (SSSR count). The van der Waals surface area contributed by atoms with Crippen LogP contribution in [0.3, 0.4) is 0 Å². The van der Waals surface area contributed by atoms with Crippen molar-refractivity contribution in [1.29, 1.82) is 0 Å². The number of aryl methyl sites for hydroxylation is 1. The van der Waals surface area contributed by atoms with Gasteiger partial charge in [0.05, 0.1) is 20.7 Å². The average molecular weight is 600 g/mol. The van der Waals surface area contributed by atoms with Gasteiger partial charge in [0.1, 0.15) is 11.6 Å². The van der Waals surface area contributed by atoms with Gasteiger partial charge < -0.3 is 9.64 Å². The van der Waals surface area contributed by atoms with Gasteiger partial charge in [-0.2, -0.15) is 5.10 Å². The molecule has 0 aliphatic carbocycles. The summed E-state index contributed by atoms with van der Waals surface area (Å²) in [6.45, 7) is 23.0. The summed E-state index contributed by atoms with van der Waals surface area (Å²) >= 11 is 5.59. The van der Waals surface area contributed by atoms with Crippen LogP contribution in [-0.4, -0.2) is 47.1 Å². The van der Waals surface area contributed by atoms with Crippen LogP contribution in [0.2, 0.25) is 5.02 Å². The number of ether oxygens (including phenoxy) is 1. The van der Waals surface area contributed by atoms with E-state index in [4.69, 9.17) is 16.3 Å². The van der Waals surface area contributed by atoms with Crippen molar-refractivity contribution in [3.63, 3.8) is 0 Å². The summed E-state index contributed by atoms with van der Waals surface area (Å²) in [5.74, 6) is 0.938. The van der Waals surface area contributed by atoms with Crippen molar-refractivity contribution in [3.05, 3.63) is 58.9 Å². The fourth-order valence-electron chi connectivity index (χ4n) is 2.68. The Morgan fingerprint density at radius 1 is 0.975 bits per heavy atom. The van der Waals surface area contributed by atoms with Crippen LogP contribution in [0.4, 0.5) is 4.39 Å². The van der Waals surface area contributed by atoms with E-state index >= 15 is 0 Å². The molecule has 1 unspecified atom stereocenters. The van der Waals surface area contributed by atoms with E-state index < -0.39 is 16.6 Å². The second-order valence-electron chi connectivity index (χ2n) is 8.77. The maximum atomic E-state index is 12.4. The third-order valence-electron chi connectivity index (χ3n) is 4.54. The van der Waals surface area contributed by atoms with Gasteiger partial charge in [-0.1, -0.05) is 78.6 Å². The molecule has 0 radical (unpaired) electrons. The normalized spacial score (nSPS) is 11.4. The van der Waals surface area contributed by atoms with Gasteiger partial charge in [-0.15, -0.1) is 5.10 Å². The summed E-state index contributed by atoms with van der Waals surface area (Å²) in [7, 11) is 1.03. The van der Waals surface area contributed by atoms with Crippen LogP contribution in [0.5, 0.6) is 5.75 Å². The van der Waals surface area contributed by atoms with Crippen molar-refractivity contribution in [2.75, 3.05) is 26.4 Å². The molecule has 0 saturated carbocycles. The Balaban J connectivity index is -0.000000498. The van der Waals surface area contributed by atoms with E-state index in [1.54, 1.807) is 6.92 Å². The lowest BCUT2D eigenvalue weighted by Gasteiger charge is -2.12. The molecule has 40 heavy (non-hydrogen) atoms. The largest absolute Gasteiger partial charge is 0.442 e. The SMILES string of the molecule is CC.CC/C(C)=N/N=C(\C)Oc1cccc(C)c1.CCC.CCCN(C)CCC.CS(=O)c1ccc(F)cc1Cl. The standard InChI is InChI=1S/C13H18N2O.C7H6ClFOS.C7H17N.C3H8.C2H6/c1-5-11(3)14-15-12(4)16-13-8-6-7-10(2)9-13;1-11(10)7-3-2-5(9)4-6(7)8;1-4-6-8(3)7-5-2;1-3-2;1-2/h6-9H,5H2,1-4H3;2-4H,1H3;4-7H2,1-3H3;3H2,1-2H3;1-2H3/b14-11+,15-12+;;;;. The zero-order chi connectivity index (χ0) is 31.5. The molecule has 0 heterocycles. The smallest absolute Gasteiger partial charge is 0.211 e. The van der Waals surface area contributed by atoms with E-state index in [9.17, 15) is 8.60 Å². The van der Waals surface area contributed by atoms with Crippen LogP contribution in [0.15, 0.2) is 57.6 Å². The summed E-state index contributed by atoms with van der Waals surface area (Å²) in [5, 5.41) is 8.26. The minimum atomic E-state index is -1.15. The molecule has 0 aromatic heterocycles. The molecule has 2 aromatic rings. The second-order valence-corrected chi connectivity index (χ2v) is 10.5. The van der Waals surface area contributed by atoms with Gasteiger partial charge in [0.15, 0.2) is 0 Å². The summed E-state index contributed by atoms with van der Waals surface area (Å²) in [5.41, 5.74) is 2.16. The highest BCUT2D eigenvalue weighted by atomic mass is 35.5. The van der Waals surface area contributed by atoms with E-state index in [-0.39, 0.29) is 5.02 Å². The van der Waals surface area contributed by atoms with Crippen LogP contribution in [0, 0.1) is 12.7 Å². The number of hydrogen-bond donors (Lipinski definition) is 0. The Morgan fingerprint density at radius 2 is 1.52 bits per heavy atom. The first-order valence-electron chi connectivity index (χ1n) is 14.2. The first kappa shape index (κ1) is 42.4. The molecule has 0 N–H and O–H groups in total. The van der Waals surface area contributed by atoms with E-state index in [0.717, 1.165) is 23.9 Å². The van der Waals surface area contributed by atoms with Crippen LogP contribution in [-0.2, 0) is 10.8 Å². The molecule has 1 atom stereocenters. The van der Waals surface area contributed by atoms with Gasteiger partial charge in [0.25, 0.3) is 0 Å². The second kappa shape index (κ2) is 28.4. The Morgan fingerprint density at radius 3 is 1.95 bits per heavy atom. The third kappa shape index (κ3) is 24.9.